The molecular weight excluding hydrogens is 304 g/mol. The summed E-state index contributed by atoms with van der Waals surface area (Å²) in [7, 11) is -2.18. The number of carbonyl (C=O) groups excluding carboxylic acids is 1. The smallest absolute Gasteiger partial charge is 0.251 e. The second-order valence-electron chi connectivity index (χ2n) is 5.21. The van der Waals surface area contributed by atoms with Crippen LogP contribution in [-0.4, -0.2) is 40.6 Å². The molecule has 0 fully saturated rings. The summed E-state index contributed by atoms with van der Waals surface area (Å²) in [6.45, 7) is 6.27. The van der Waals surface area contributed by atoms with Crippen LogP contribution in [0.25, 0.3) is 0 Å². The van der Waals surface area contributed by atoms with Gasteiger partial charge in [-0.25, -0.2) is 13.1 Å². The van der Waals surface area contributed by atoms with Crippen molar-refractivity contribution in [2.45, 2.75) is 38.1 Å². The van der Waals surface area contributed by atoms with Crippen molar-refractivity contribution in [3.8, 4) is 0 Å². The summed E-state index contributed by atoms with van der Waals surface area (Å²) >= 11 is 0. The van der Waals surface area contributed by atoms with E-state index in [-0.39, 0.29) is 23.5 Å². The lowest BCUT2D eigenvalue weighted by Gasteiger charge is -2.14. The molecule has 1 amide bonds. The maximum absolute atomic E-state index is 12.3. The lowest BCUT2D eigenvalue weighted by atomic mass is 10.1. The number of ether oxygens (including phenoxy) is 1. The highest BCUT2D eigenvalue weighted by molar-refractivity contribution is 7.89. The molecule has 1 aromatic rings. The maximum Gasteiger partial charge on any atom is 0.251 e. The highest BCUT2D eigenvalue weighted by Gasteiger charge is 2.20. The molecule has 124 valence electrons. The van der Waals surface area contributed by atoms with Crippen molar-refractivity contribution < 1.29 is 17.9 Å². The number of benzene rings is 1. The fourth-order valence-electron chi connectivity index (χ4n) is 1.96. The minimum absolute atomic E-state index is 0.0719. The highest BCUT2D eigenvalue weighted by Crippen LogP contribution is 2.16. The lowest BCUT2D eigenvalue weighted by Crippen LogP contribution is -2.35. The maximum atomic E-state index is 12.3. The standard InChI is InChI=1S/C15H24N2O4S/c1-5-8-16-15(18)14-9-13(7-6-11(14)2)22(19,20)17-12(3)10-21-4/h6-7,9,12,17H,5,8,10H2,1-4H3,(H,16,18)/t12-/m0/s1. The van der Waals surface area contributed by atoms with E-state index in [0.717, 1.165) is 12.0 Å². The van der Waals surface area contributed by atoms with E-state index in [1.165, 1.54) is 19.2 Å². The molecule has 0 spiro atoms. The molecule has 0 saturated carbocycles. The molecule has 0 heterocycles. The summed E-state index contributed by atoms with van der Waals surface area (Å²) in [6.07, 6.45) is 0.818. The van der Waals surface area contributed by atoms with Crippen LogP contribution in [0.5, 0.6) is 0 Å². The average Bonchev–Trinajstić information content (AvgIpc) is 2.44. The molecule has 0 unspecified atom stereocenters. The summed E-state index contributed by atoms with van der Waals surface area (Å²) in [5.74, 6) is -0.263. The topological polar surface area (TPSA) is 84.5 Å². The van der Waals surface area contributed by atoms with Gasteiger partial charge in [-0.15, -0.1) is 0 Å². The van der Waals surface area contributed by atoms with Gasteiger partial charge in [-0.3, -0.25) is 4.79 Å². The number of hydrogen-bond acceptors (Lipinski definition) is 4. The van der Waals surface area contributed by atoms with Gasteiger partial charge in [0, 0.05) is 25.3 Å². The average molecular weight is 328 g/mol. The molecule has 1 aromatic carbocycles. The number of sulfonamides is 1. The van der Waals surface area contributed by atoms with Crippen LogP contribution < -0.4 is 10.0 Å². The Morgan fingerprint density at radius 1 is 1.36 bits per heavy atom. The van der Waals surface area contributed by atoms with Gasteiger partial charge in [0.15, 0.2) is 0 Å². The summed E-state index contributed by atoms with van der Waals surface area (Å²) in [6, 6.07) is 4.18. The zero-order chi connectivity index (χ0) is 16.8. The Bertz CT molecular complexity index is 614. The van der Waals surface area contributed by atoms with E-state index in [2.05, 4.69) is 10.0 Å². The quantitative estimate of drug-likeness (QED) is 0.756. The van der Waals surface area contributed by atoms with Gasteiger partial charge in [0.2, 0.25) is 10.0 Å². The summed E-state index contributed by atoms with van der Waals surface area (Å²) in [4.78, 5) is 12.2. The van der Waals surface area contributed by atoms with Gasteiger partial charge in [-0.2, -0.15) is 0 Å². The van der Waals surface area contributed by atoms with Crippen LogP contribution in [-0.2, 0) is 14.8 Å². The Morgan fingerprint density at radius 3 is 2.64 bits per heavy atom. The van der Waals surface area contributed by atoms with E-state index >= 15 is 0 Å². The predicted octanol–water partition coefficient (Wildman–Crippen LogP) is 1.45. The Morgan fingerprint density at radius 2 is 2.05 bits per heavy atom. The van der Waals surface area contributed by atoms with Crippen LogP contribution in [0, 0.1) is 6.92 Å². The second kappa shape index (κ2) is 8.26. The molecule has 1 atom stereocenters. The third-order valence-corrected chi connectivity index (χ3v) is 4.66. The van der Waals surface area contributed by atoms with Crippen LogP contribution in [0.15, 0.2) is 23.1 Å². The molecule has 22 heavy (non-hydrogen) atoms. The van der Waals surface area contributed by atoms with E-state index < -0.39 is 10.0 Å². The first-order valence-corrected chi connectivity index (χ1v) is 8.70. The molecule has 2 N–H and O–H groups in total. The van der Waals surface area contributed by atoms with E-state index in [1.807, 2.05) is 6.92 Å². The Balaban J connectivity index is 3.03. The molecule has 0 bridgehead atoms. The zero-order valence-corrected chi connectivity index (χ0v) is 14.3. The molecule has 0 radical (unpaired) electrons. The third kappa shape index (κ3) is 5.08. The first-order chi connectivity index (χ1) is 10.3. The van der Waals surface area contributed by atoms with E-state index in [4.69, 9.17) is 4.74 Å². The first kappa shape index (κ1) is 18.6. The summed E-state index contributed by atoms with van der Waals surface area (Å²) in [5.41, 5.74) is 1.10. The number of methoxy groups -OCH3 is 1. The zero-order valence-electron chi connectivity index (χ0n) is 13.5. The molecule has 0 aliphatic heterocycles. The fourth-order valence-corrected chi connectivity index (χ4v) is 3.22. The largest absolute Gasteiger partial charge is 0.383 e. The van der Waals surface area contributed by atoms with Crippen molar-refractivity contribution >= 4 is 15.9 Å². The predicted molar refractivity (Wildman–Crippen MR) is 85.5 cm³/mol. The number of carbonyl (C=O) groups is 1. The number of hydrogen-bond donors (Lipinski definition) is 2. The molecule has 0 aromatic heterocycles. The van der Waals surface area contributed by atoms with Gasteiger partial charge in [0.05, 0.1) is 11.5 Å². The van der Waals surface area contributed by atoms with Crippen LogP contribution in [0.3, 0.4) is 0 Å². The number of amides is 1. The fraction of sp³-hybridized carbons (Fsp3) is 0.533. The SMILES string of the molecule is CCCNC(=O)c1cc(S(=O)(=O)N[C@@H](C)COC)ccc1C. The van der Waals surface area contributed by atoms with Crippen molar-refractivity contribution in [1.82, 2.24) is 10.0 Å². The van der Waals surface area contributed by atoms with Crippen LogP contribution in [0.2, 0.25) is 0 Å². The van der Waals surface area contributed by atoms with Gasteiger partial charge >= 0.3 is 0 Å². The lowest BCUT2D eigenvalue weighted by molar-refractivity contribution is 0.0953. The van der Waals surface area contributed by atoms with Gasteiger partial charge in [0.25, 0.3) is 5.91 Å². The van der Waals surface area contributed by atoms with Crippen LogP contribution in [0.1, 0.15) is 36.2 Å². The molecule has 6 nitrogen and oxygen atoms in total. The van der Waals surface area contributed by atoms with Crippen LogP contribution >= 0.6 is 0 Å². The highest BCUT2D eigenvalue weighted by atomic mass is 32.2. The molecule has 0 saturated heterocycles. The van der Waals surface area contributed by atoms with Gasteiger partial charge < -0.3 is 10.1 Å². The number of nitrogens with one attached hydrogen (secondary N) is 2. The summed E-state index contributed by atoms with van der Waals surface area (Å²) < 4.78 is 32.1. The van der Waals surface area contributed by atoms with Crippen molar-refractivity contribution in [2.24, 2.45) is 0 Å². The molecular formula is C15H24N2O4S. The molecule has 0 aliphatic carbocycles. The Kier molecular flexibility index (Phi) is 6.99. The monoisotopic (exact) mass is 328 g/mol. The van der Waals surface area contributed by atoms with Crippen LogP contribution in [0.4, 0.5) is 0 Å². The van der Waals surface area contributed by atoms with E-state index in [0.29, 0.717) is 12.1 Å². The third-order valence-electron chi connectivity index (χ3n) is 3.07. The van der Waals surface area contributed by atoms with Crippen molar-refractivity contribution in [1.29, 1.82) is 0 Å². The van der Waals surface area contributed by atoms with E-state index in [9.17, 15) is 13.2 Å². The minimum Gasteiger partial charge on any atom is -0.383 e. The molecule has 1 rings (SSSR count). The molecule has 7 heteroatoms. The number of aryl methyl sites for hydroxylation is 1. The van der Waals surface area contributed by atoms with Gasteiger partial charge in [-0.1, -0.05) is 13.0 Å². The molecule has 0 aliphatic rings. The Hall–Kier alpha value is -1.44. The van der Waals surface area contributed by atoms with Crippen molar-refractivity contribution in [2.75, 3.05) is 20.3 Å². The van der Waals surface area contributed by atoms with Crippen molar-refractivity contribution in [3.63, 3.8) is 0 Å². The normalized spacial score (nSPS) is 12.9. The van der Waals surface area contributed by atoms with Gasteiger partial charge in [-0.05, 0) is 38.0 Å². The Labute approximate surface area is 132 Å². The second-order valence-corrected chi connectivity index (χ2v) is 6.92. The van der Waals surface area contributed by atoms with E-state index in [1.54, 1.807) is 19.9 Å². The number of rotatable bonds is 8. The van der Waals surface area contributed by atoms with Crippen molar-refractivity contribution in [3.05, 3.63) is 29.3 Å². The van der Waals surface area contributed by atoms with Gasteiger partial charge in [0.1, 0.15) is 0 Å². The minimum atomic E-state index is -3.68. The first-order valence-electron chi connectivity index (χ1n) is 7.22. The summed E-state index contributed by atoms with van der Waals surface area (Å²) in [5, 5.41) is 2.76.